The Morgan fingerprint density at radius 1 is 1.08 bits per heavy atom. The molecule has 4 aromatic heterocycles. The molecule has 10 heteroatoms. The summed E-state index contributed by atoms with van der Waals surface area (Å²) in [5.74, 6) is -0.0991. The Bertz CT molecular complexity index is 979. The second kappa shape index (κ2) is 6.23. The number of aromatic nitrogens is 6. The van der Waals surface area contributed by atoms with Gasteiger partial charge in [0.25, 0.3) is 11.8 Å². The minimum atomic E-state index is -2.82. The van der Waals surface area contributed by atoms with Crippen LogP contribution < -0.4 is 0 Å². The number of furan rings is 1. The van der Waals surface area contributed by atoms with Gasteiger partial charge in [-0.1, -0.05) is 5.21 Å². The Balaban J connectivity index is 1.50. The molecule has 0 saturated heterocycles. The van der Waals surface area contributed by atoms with Gasteiger partial charge in [0, 0.05) is 18.0 Å². The van der Waals surface area contributed by atoms with Crippen molar-refractivity contribution in [2.45, 2.75) is 13.0 Å². The van der Waals surface area contributed by atoms with Crippen molar-refractivity contribution in [3.05, 3.63) is 54.5 Å². The quantitative estimate of drug-likeness (QED) is 0.549. The van der Waals surface area contributed by atoms with Crippen LogP contribution in [-0.4, -0.2) is 30.2 Å². The van der Waals surface area contributed by atoms with Crippen LogP contribution in [0.4, 0.5) is 8.78 Å². The van der Waals surface area contributed by atoms with Gasteiger partial charge < -0.3 is 8.83 Å². The molecule has 0 amide bonds. The van der Waals surface area contributed by atoms with Crippen molar-refractivity contribution in [2.24, 2.45) is 0 Å². The van der Waals surface area contributed by atoms with E-state index in [0.717, 1.165) is 5.56 Å². The molecule has 0 N–H and O–H groups in total. The molecule has 0 aliphatic carbocycles. The van der Waals surface area contributed by atoms with Crippen LogP contribution in [-0.2, 0) is 6.54 Å². The summed E-state index contributed by atoms with van der Waals surface area (Å²) in [5, 5.41) is 14.9. The Kier molecular flexibility index (Phi) is 3.77. The van der Waals surface area contributed by atoms with Crippen LogP contribution in [0.15, 0.2) is 51.7 Å². The van der Waals surface area contributed by atoms with E-state index in [0.29, 0.717) is 18.0 Å². The predicted molar refractivity (Wildman–Crippen MR) is 79.3 cm³/mol. The Hall–Kier alpha value is -3.43. The fourth-order valence-corrected chi connectivity index (χ4v) is 2.18. The standard InChI is InChI=1S/C15H10F2N6O2/c16-13(17)15-21-20-14(25-15)12-4-3-10(24-12)7-23-8-11(19-22-23)9-2-1-5-18-6-9/h1-6,8,13H,7H2. The monoisotopic (exact) mass is 344 g/mol. The van der Waals surface area contributed by atoms with E-state index in [1.807, 2.05) is 12.1 Å². The summed E-state index contributed by atoms with van der Waals surface area (Å²) >= 11 is 0. The molecular weight excluding hydrogens is 334 g/mol. The highest BCUT2D eigenvalue weighted by Gasteiger charge is 2.19. The molecule has 0 bridgehead atoms. The number of halogens is 2. The molecule has 4 heterocycles. The molecule has 126 valence electrons. The third-order valence-electron chi connectivity index (χ3n) is 3.31. The van der Waals surface area contributed by atoms with Gasteiger partial charge in [-0.3, -0.25) is 4.98 Å². The second-order valence-corrected chi connectivity index (χ2v) is 5.06. The van der Waals surface area contributed by atoms with Crippen molar-refractivity contribution in [2.75, 3.05) is 0 Å². The summed E-state index contributed by atoms with van der Waals surface area (Å²) in [6.45, 7) is 0.309. The van der Waals surface area contributed by atoms with E-state index in [2.05, 4.69) is 25.5 Å². The zero-order valence-electron chi connectivity index (χ0n) is 12.6. The van der Waals surface area contributed by atoms with Crippen LogP contribution in [0.3, 0.4) is 0 Å². The zero-order chi connectivity index (χ0) is 17.2. The highest BCUT2D eigenvalue weighted by molar-refractivity contribution is 5.55. The molecule has 0 aromatic carbocycles. The van der Waals surface area contributed by atoms with Crippen molar-refractivity contribution in [3.63, 3.8) is 0 Å². The molecular formula is C15H10F2N6O2. The topological polar surface area (TPSA) is 95.7 Å². The van der Waals surface area contributed by atoms with Gasteiger partial charge in [-0.2, -0.15) is 8.78 Å². The summed E-state index contributed by atoms with van der Waals surface area (Å²) in [5.41, 5.74) is 1.53. The lowest BCUT2D eigenvalue weighted by molar-refractivity contribution is 0.115. The Morgan fingerprint density at radius 3 is 2.76 bits per heavy atom. The van der Waals surface area contributed by atoms with Crippen LogP contribution in [0.2, 0.25) is 0 Å². The van der Waals surface area contributed by atoms with Crippen molar-refractivity contribution < 1.29 is 17.6 Å². The second-order valence-electron chi connectivity index (χ2n) is 5.06. The lowest BCUT2D eigenvalue weighted by Gasteiger charge is -1.96. The number of hydrogen-bond donors (Lipinski definition) is 0. The van der Waals surface area contributed by atoms with Gasteiger partial charge >= 0.3 is 6.43 Å². The molecule has 0 aliphatic rings. The lowest BCUT2D eigenvalue weighted by Crippen LogP contribution is -1.98. The van der Waals surface area contributed by atoms with Crippen LogP contribution in [0.1, 0.15) is 18.1 Å². The van der Waals surface area contributed by atoms with Crippen LogP contribution >= 0.6 is 0 Å². The largest absolute Gasteiger partial charge is 0.454 e. The van der Waals surface area contributed by atoms with Crippen molar-refractivity contribution in [1.82, 2.24) is 30.2 Å². The zero-order valence-corrected chi connectivity index (χ0v) is 12.6. The molecule has 0 atom stereocenters. The minimum Gasteiger partial charge on any atom is -0.454 e. The number of rotatable bonds is 5. The first kappa shape index (κ1) is 15.1. The van der Waals surface area contributed by atoms with E-state index in [1.165, 1.54) is 0 Å². The molecule has 0 unspecified atom stereocenters. The number of hydrogen-bond acceptors (Lipinski definition) is 7. The maximum absolute atomic E-state index is 12.5. The van der Waals surface area contributed by atoms with Gasteiger partial charge in [0.15, 0.2) is 5.76 Å². The van der Waals surface area contributed by atoms with E-state index in [-0.39, 0.29) is 11.7 Å². The molecule has 25 heavy (non-hydrogen) atoms. The van der Waals surface area contributed by atoms with Gasteiger partial charge in [-0.15, -0.1) is 15.3 Å². The SMILES string of the molecule is FC(F)c1nnc(-c2ccc(Cn3cc(-c4cccnc4)nn3)o2)o1. The van der Waals surface area contributed by atoms with Gasteiger partial charge in [0.05, 0.1) is 6.20 Å². The number of alkyl halides is 2. The molecule has 0 aliphatic heterocycles. The Labute approximate surface area is 139 Å². The summed E-state index contributed by atoms with van der Waals surface area (Å²) in [7, 11) is 0. The highest BCUT2D eigenvalue weighted by atomic mass is 19.3. The van der Waals surface area contributed by atoms with Crippen molar-refractivity contribution in [1.29, 1.82) is 0 Å². The number of nitrogens with zero attached hydrogens (tertiary/aromatic N) is 6. The van der Waals surface area contributed by atoms with E-state index in [9.17, 15) is 8.78 Å². The molecule has 8 nitrogen and oxygen atoms in total. The molecule has 0 spiro atoms. The van der Waals surface area contributed by atoms with E-state index in [1.54, 1.807) is 35.4 Å². The van der Waals surface area contributed by atoms with E-state index < -0.39 is 12.3 Å². The van der Waals surface area contributed by atoms with Crippen LogP contribution in [0, 0.1) is 0 Å². The fourth-order valence-electron chi connectivity index (χ4n) is 2.18. The first-order chi connectivity index (χ1) is 12.2. The fraction of sp³-hybridized carbons (Fsp3) is 0.133. The molecule has 0 fully saturated rings. The average Bonchev–Trinajstić information content (AvgIpc) is 3.36. The maximum Gasteiger partial charge on any atom is 0.314 e. The van der Waals surface area contributed by atoms with Gasteiger partial charge in [-0.05, 0) is 24.3 Å². The van der Waals surface area contributed by atoms with Gasteiger partial charge in [0.2, 0.25) is 0 Å². The highest BCUT2D eigenvalue weighted by Crippen LogP contribution is 2.25. The Morgan fingerprint density at radius 2 is 2.00 bits per heavy atom. The van der Waals surface area contributed by atoms with Gasteiger partial charge in [0.1, 0.15) is 18.0 Å². The van der Waals surface area contributed by atoms with Crippen molar-refractivity contribution in [3.8, 4) is 22.9 Å². The van der Waals surface area contributed by atoms with E-state index in [4.69, 9.17) is 8.83 Å². The first-order valence-electron chi connectivity index (χ1n) is 7.20. The third kappa shape index (κ3) is 3.13. The summed E-state index contributed by atoms with van der Waals surface area (Å²) in [6, 6.07) is 6.93. The molecule has 4 rings (SSSR count). The van der Waals surface area contributed by atoms with Crippen LogP contribution in [0.25, 0.3) is 22.9 Å². The smallest absolute Gasteiger partial charge is 0.314 e. The summed E-state index contributed by atoms with van der Waals surface area (Å²) < 4.78 is 36.9. The maximum atomic E-state index is 12.5. The third-order valence-corrected chi connectivity index (χ3v) is 3.31. The normalized spacial score (nSPS) is 11.3. The summed E-state index contributed by atoms with van der Waals surface area (Å²) in [4.78, 5) is 4.03. The molecule has 4 aromatic rings. The van der Waals surface area contributed by atoms with Crippen molar-refractivity contribution >= 4 is 0 Å². The van der Waals surface area contributed by atoms with Crippen LogP contribution in [0.5, 0.6) is 0 Å². The summed E-state index contributed by atoms with van der Waals surface area (Å²) in [6.07, 6.45) is 2.29. The average molecular weight is 344 g/mol. The first-order valence-corrected chi connectivity index (χ1v) is 7.20. The predicted octanol–water partition coefficient (Wildman–Crippen LogP) is 2.97. The van der Waals surface area contributed by atoms with E-state index >= 15 is 0 Å². The molecule has 0 saturated carbocycles. The number of pyridine rings is 1. The lowest BCUT2D eigenvalue weighted by atomic mass is 10.2. The minimum absolute atomic E-state index is 0.101. The molecule has 0 radical (unpaired) electrons. The van der Waals surface area contributed by atoms with Gasteiger partial charge in [-0.25, -0.2) is 4.68 Å².